The minimum atomic E-state index is -3.43. The summed E-state index contributed by atoms with van der Waals surface area (Å²) in [5.74, 6) is 6.82. The van der Waals surface area contributed by atoms with E-state index in [1.807, 2.05) is 12.1 Å². The molecule has 4 aromatic rings. The number of sulfone groups is 1. The van der Waals surface area contributed by atoms with Crippen molar-refractivity contribution in [1.82, 2.24) is 14.6 Å². The van der Waals surface area contributed by atoms with Crippen LogP contribution in [0.15, 0.2) is 84.0 Å². The van der Waals surface area contributed by atoms with Gasteiger partial charge in [-0.15, -0.1) is 0 Å². The maximum absolute atomic E-state index is 13.4. The molecule has 0 atom stereocenters. The van der Waals surface area contributed by atoms with Gasteiger partial charge < -0.3 is 15.3 Å². The van der Waals surface area contributed by atoms with Crippen LogP contribution in [-0.2, 0) is 16.4 Å². The first-order chi connectivity index (χ1) is 18.0. The number of aryl methyl sites for hydroxylation is 1. The lowest BCUT2D eigenvalue weighted by atomic mass is 9.99. The molecule has 4 rings (SSSR count). The van der Waals surface area contributed by atoms with E-state index >= 15 is 0 Å². The first-order valence-corrected chi connectivity index (χ1v) is 13.7. The quantitative estimate of drug-likeness (QED) is 0.219. The van der Waals surface area contributed by atoms with E-state index in [0.29, 0.717) is 38.9 Å². The third-order valence-corrected chi connectivity index (χ3v) is 7.35. The molecule has 0 bridgehead atoms. The lowest BCUT2D eigenvalue weighted by molar-refractivity contribution is 0.146. The molecule has 0 fully saturated rings. The Morgan fingerprint density at radius 1 is 1.11 bits per heavy atom. The van der Waals surface area contributed by atoms with Crippen LogP contribution in [0.4, 0.5) is 8.78 Å². The summed E-state index contributed by atoms with van der Waals surface area (Å²) < 4.78 is 52.7. The van der Waals surface area contributed by atoms with Gasteiger partial charge in [-0.3, -0.25) is 0 Å². The van der Waals surface area contributed by atoms with Crippen molar-refractivity contribution in [2.24, 2.45) is 11.6 Å². The maximum Gasteiger partial charge on any atom is 0.281 e. The van der Waals surface area contributed by atoms with Gasteiger partial charge in [0.05, 0.1) is 22.8 Å². The summed E-state index contributed by atoms with van der Waals surface area (Å²) in [5, 5.41) is 2.03. The number of rotatable bonds is 8. The number of benzene rings is 3. The molecule has 1 aromatic heterocycles. The van der Waals surface area contributed by atoms with Gasteiger partial charge in [0, 0.05) is 29.2 Å². The molecular weight excluding hydrogens is 532 g/mol. The average molecular weight is 558 g/mol. The molecule has 198 valence electrons. The molecule has 0 saturated heterocycles. The first-order valence-electron chi connectivity index (χ1n) is 11.5. The second kappa shape index (κ2) is 10.9. The van der Waals surface area contributed by atoms with Gasteiger partial charge in [0.15, 0.2) is 9.84 Å². The van der Waals surface area contributed by atoms with Crippen molar-refractivity contribution in [2.45, 2.75) is 24.8 Å². The molecule has 0 aliphatic carbocycles. The van der Waals surface area contributed by atoms with E-state index < -0.39 is 16.3 Å². The van der Waals surface area contributed by atoms with Crippen LogP contribution in [0, 0.1) is 6.92 Å². The number of aromatic nitrogens is 2. The number of nitrogens with zero attached hydrogens (tertiary/aromatic N) is 3. The van der Waals surface area contributed by atoms with Crippen LogP contribution in [0.1, 0.15) is 29.1 Å². The monoisotopic (exact) mass is 557 g/mol. The minimum Gasteiger partial charge on any atom is -0.403 e. The first kappa shape index (κ1) is 27.3. The summed E-state index contributed by atoms with van der Waals surface area (Å²) in [5.41, 5.74) is 9.38. The smallest absolute Gasteiger partial charge is 0.281 e. The van der Waals surface area contributed by atoms with Crippen LogP contribution < -0.4 is 11.6 Å². The number of hydrazine groups is 1. The van der Waals surface area contributed by atoms with Gasteiger partial charge in [0.2, 0.25) is 0 Å². The highest BCUT2D eigenvalue weighted by Gasteiger charge is 2.20. The molecule has 7 nitrogen and oxygen atoms in total. The molecular formula is C27H26ClF2N5O2S. The van der Waals surface area contributed by atoms with Crippen LogP contribution in [0.3, 0.4) is 0 Å². The fourth-order valence-corrected chi connectivity index (χ4v) is 4.89. The van der Waals surface area contributed by atoms with E-state index in [1.54, 1.807) is 60.0 Å². The fraction of sp³-hybridized carbons (Fsp3) is 0.148. The van der Waals surface area contributed by atoms with E-state index in [-0.39, 0.29) is 17.1 Å². The molecule has 11 heteroatoms. The van der Waals surface area contributed by atoms with Crippen molar-refractivity contribution in [3.8, 4) is 16.8 Å². The molecule has 4 N–H and O–H groups in total. The van der Waals surface area contributed by atoms with Crippen molar-refractivity contribution in [1.29, 1.82) is 0 Å². The van der Waals surface area contributed by atoms with Gasteiger partial charge in [-0.1, -0.05) is 41.9 Å². The number of imidazole rings is 1. The van der Waals surface area contributed by atoms with Crippen molar-refractivity contribution >= 4 is 27.1 Å². The minimum absolute atomic E-state index is 0.172. The van der Waals surface area contributed by atoms with Gasteiger partial charge in [-0.25, -0.2) is 28.0 Å². The Morgan fingerprint density at radius 2 is 1.79 bits per heavy atom. The molecule has 0 amide bonds. The Balaban J connectivity index is 1.86. The second-order valence-electron chi connectivity index (χ2n) is 8.72. The maximum atomic E-state index is 13.4. The van der Waals surface area contributed by atoms with Crippen LogP contribution >= 0.6 is 11.6 Å². The zero-order valence-electron chi connectivity index (χ0n) is 20.6. The van der Waals surface area contributed by atoms with Crippen LogP contribution in [0.2, 0.25) is 5.02 Å². The van der Waals surface area contributed by atoms with Gasteiger partial charge in [-0.05, 0) is 60.0 Å². The predicted octanol–water partition coefficient (Wildman–Crippen LogP) is 5.48. The van der Waals surface area contributed by atoms with Crippen LogP contribution in [-0.4, -0.2) is 29.2 Å². The molecule has 0 spiro atoms. The van der Waals surface area contributed by atoms with Crippen LogP contribution in [0.5, 0.6) is 0 Å². The van der Waals surface area contributed by atoms with E-state index in [9.17, 15) is 17.2 Å². The average Bonchev–Trinajstić information content (AvgIpc) is 3.27. The highest BCUT2D eigenvalue weighted by atomic mass is 35.5. The molecule has 0 saturated carbocycles. The topological polar surface area (TPSA) is 107 Å². The number of nitrogens with two attached hydrogens (primary N) is 2. The Hall–Kier alpha value is -3.73. The lowest BCUT2D eigenvalue weighted by Gasteiger charge is -2.25. The number of hydrogen-bond donors (Lipinski definition) is 2. The number of halogens is 3. The third kappa shape index (κ3) is 5.88. The highest BCUT2D eigenvalue weighted by molar-refractivity contribution is 7.90. The van der Waals surface area contributed by atoms with E-state index in [0.717, 1.165) is 11.8 Å². The van der Waals surface area contributed by atoms with Crippen LogP contribution in [0.25, 0.3) is 22.5 Å². The molecule has 0 unspecified atom stereocenters. The van der Waals surface area contributed by atoms with Gasteiger partial charge in [-0.2, -0.15) is 0 Å². The normalized spacial score (nSPS) is 12.2. The Labute approximate surface area is 224 Å². The van der Waals surface area contributed by atoms with Crippen molar-refractivity contribution in [3.63, 3.8) is 0 Å². The summed E-state index contributed by atoms with van der Waals surface area (Å²) in [6.07, 6.45) is 1.02. The summed E-state index contributed by atoms with van der Waals surface area (Å²) in [7, 11) is -3.43. The van der Waals surface area contributed by atoms with Crippen molar-refractivity contribution in [2.75, 3.05) is 6.26 Å². The Morgan fingerprint density at radius 3 is 2.39 bits per heavy atom. The second-order valence-corrected chi connectivity index (χ2v) is 11.2. The standard InChI is InChI=1S/C27H26ClF2N5O2S/c1-17-33-24(27(29)30)16-34(17)25-11-8-20(19-4-3-5-22(12-19)38(2,36)37)13-23(25)26(14-31)35(32)15-18-6-9-21(28)10-7-18/h3-14,16,27H,15,31-32H2,1-2H3/b26-14-. The zero-order valence-corrected chi connectivity index (χ0v) is 22.2. The molecule has 38 heavy (non-hydrogen) atoms. The molecule has 1 heterocycles. The van der Waals surface area contributed by atoms with E-state index in [2.05, 4.69) is 4.98 Å². The Bertz CT molecular complexity index is 1600. The Kier molecular flexibility index (Phi) is 7.86. The molecule has 0 aliphatic rings. The number of alkyl halides is 2. The molecule has 0 aliphatic heterocycles. The van der Waals surface area contributed by atoms with E-state index in [1.165, 1.54) is 23.5 Å². The van der Waals surface area contributed by atoms with Gasteiger partial charge >= 0.3 is 0 Å². The molecule has 3 aromatic carbocycles. The van der Waals surface area contributed by atoms with E-state index in [4.69, 9.17) is 23.2 Å². The zero-order chi connectivity index (χ0) is 27.6. The fourth-order valence-electron chi connectivity index (χ4n) is 4.09. The summed E-state index contributed by atoms with van der Waals surface area (Å²) >= 11 is 6.00. The van der Waals surface area contributed by atoms with Crippen molar-refractivity contribution in [3.05, 3.63) is 107 Å². The third-order valence-electron chi connectivity index (χ3n) is 5.99. The summed E-state index contributed by atoms with van der Waals surface area (Å²) in [6.45, 7) is 1.90. The van der Waals surface area contributed by atoms with Gasteiger partial charge in [0.25, 0.3) is 6.43 Å². The molecule has 0 radical (unpaired) electrons. The SMILES string of the molecule is Cc1nc(C(F)F)cn1-c1ccc(-c2cccc(S(C)(=O)=O)c2)cc1/C(=C/N)N(N)Cc1ccc(Cl)cc1. The van der Waals surface area contributed by atoms with Gasteiger partial charge in [0.1, 0.15) is 11.5 Å². The summed E-state index contributed by atoms with van der Waals surface area (Å²) in [4.78, 5) is 4.16. The summed E-state index contributed by atoms with van der Waals surface area (Å²) in [6, 6.07) is 19.0. The highest BCUT2D eigenvalue weighted by Crippen LogP contribution is 2.33. The number of hydrogen-bond acceptors (Lipinski definition) is 6. The lowest BCUT2D eigenvalue weighted by Crippen LogP contribution is -2.30. The van der Waals surface area contributed by atoms with Crippen molar-refractivity contribution < 1.29 is 17.2 Å². The predicted molar refractivity (Wildman–Crippen MR) is 145 cm³/mol. The largest absolute Gasteiger partial charge is 0.403 e.